The van der Waals surface area contributed by atoms with Gasteiger partial charge in [0.2, 0.25) is 0 Å². The summed E-state index contributed by atoms with van der Waals surface area (Å²) in [6, 6.07) is 18.7. The molecule has 0 saturated heterocycles. The van der Waals surface area contributed by atoms with Gasteiger partial charge in [0.05, 0.1) is 24.4 Å². The van der Waals surface area contributed by atoms with Crippen molar-refractivity contribution < 1.29 is 9.53 Å². The van der Waals surface area contributed by atoms with E-state index >= 15 is 0 Å². The molecule has 0 unspecified atom stereocenters. The lowest BCUT2D eigenvalue weighted by atomic mass is 9.82. The molecule has 0 bridgehead atoms. The standard InChI is InChI=1S/C25H29N3O2/c1-5-30-24(29)20-15-26-17-25(2,3)22-19-13-9-10-14-21(19)28(23(20)22)27(4)16-18-11-7-6-8-12-18/h6-15,26H,5,16-17H2,1-4H3. The zero-order chi connectivity index (χ0) is 21.3. The van der Waals surface area contributed by atoms with Crippen molar-refractivity contribution in [1.29, 1.82) is 0 Å². The first-order chi connectivity index (χ1) is 14.4. The van der Waals surface area contributed by atoms with E-state index in [1.165, 1.54) is 11.1 Å². The van der Waals surface area contributed by atoms with E-state index in [9.17, 15) is 4.79 Å². The molecular formula is C25H29N3O2. The van der Waals surface area contributed by atoms with Crippen LogP contribution in [-0.4, -0.2) is 30.8 Å². The maximum absolute atomic E-state index is 13.0. The number of ether oxygens (including phenoxy) is 1. The molecule has 3 aromatic rings. The zero-order valence-corrected chi connectivity index (χ0v) is 18.1. The van der Waals surface area contributed by atoms with E-state index in [0.29, 0.717) is 12.2 Å². The minimum atomic E-state index is -0.305. The van der Waals surface area contributed by atoms with Gasteiger partial charge >= 0.3 is 5.97 Å². The minimum absolute atomic E-state index is 0.168. The van der Waals surface area contributed by atoms with Gasteiger partial charge in [-0.1, -0.05) is 62.4 Å². The third-order valence-corrected chi connectivity index (χ3v) is 5.66. The van der Waals surface area contributed by atoms with E-state index in [4.69, 9.17) is 4.74 Å². The highest BCUT2D eigenvalue weighted by Gasteiger charge is 2.36. The minimum Gasteiger partial charge on any atom is -0.462 e. The highest BCUT2D eigenvalue weighted by Crippen LogP contribution is 2.40. The Hall–Kier alpha value is -3.21. The average Bonchev–Trinajstić information content (AvgIpc) is 3.00. The number of rotatable bonds is 5. The Kier molecular flexibility index (Phi) is 5.29. The SMILES string of the molecule is CCOC(=O)C1=CNCC(C)(C)c2c1n(N(C)Cc1ccccc1)c1ccccc21. The van der Waals surface area contributed by atoms with Gasteiger partial charge in [-0.15, -0.1) is 0 Å². The molecule has 0 aliphatic carbocycles. The second-order valence-electron chi connectivity index (χ2n) is 8.40. The summed E-state index contributed by atoms with van der Waals surface area (Å²) in [5.41, 5.74) is 4.77. The summed E-state index contributed by atoms with van der Waals surface area (Å²) in [5.74, 6) is -0.305. The van der Waals surface area contributed by atoms with Crippen LogP contribution in [-0.2, 0) is 21.5 Å². The second kappa shape index (κ2) is 7.90. The van der Waals surface area contributed by atoms with E-state index in [0.717, 1.165) is 29.7 Å². The molecule has 1 N–H and O–H groups in total. The molecule has 0 atom stereocenters. The molecule has 1 aliphatic rings. The molecule has 0 radical (unpaired) electrons. The Bertz CT molecular complexity index is 1100. The Balaban J connectivity index is 1.97. The van der Waals surface area contributed by atoms with Crippen LogP contribution in [0.1, 0.15) is 37.6 Å². The van der Waals surface area contributed by atoms with Crippen LogP contribution in [0.5, 0.6) is 0 Å². The Morgan fingerprint density at radius 1 is 1.13 bits per heavy atom. The number of benzene rings is 2. The molecule has 1 aromatic heterocycles. The van der Waals surface area contributed by atoms with E-state index in [2.05, 4.69) is 78.4 Å². The summed E-state index contributed by atoms with van der Waals surface area (Å²) in [5, 5.41) is 6.68. The lowest BCUT2D eigenvalue weighted by Gasteiger charge is -2.27. The third kappa shape index (κ3) is 3.45. The van der Waals surface area contributed by atoms with E-state index in [-0.39, 0.29) is 11.4 Å². The van der Waals surface area contributed by atoms with Gasteiger partial charge in [-0.05, 0) is 24.1 Å². The van der Waals surface area contributed by atoms with Crippen molar-refractivity contribution in [2.45, 2.75) is 32.7 Å². The number of carbonyl (C=O) groups excluding carboxylic acids is 1. The Morgan fingerprint density at radius 2 is 1.83 bits per heavy atom. The van der Waals surface area contributed by atoms with Crippen LogP contribution in [0.4, 0.5) is 0 Å². The molecule has 1 aliphatic heterocycles. The number of carbonyl (C=O) groups is 1. The molecule has 0 saturated carbocycles. The van der Waals surface area contributed by atoms with Gasteiger partial charge in [-0.3, -0.25) is 4.68 Å². The van der Waals surface area contributed by atoms with Gasteiger partial charge in [0, 0.05) is 30.6 Å². The summed E-state index contributed by atoms with van der Waals surface area (Å²) < 4.78 is 7.61. The monoisotopic (exact) mass is 403 g/mol. The Labute approximate surface area is 177 Å². The third-order valence-electron chi connectivity index (χ3n) is 5.66. The van der Waals surface area contributed by atoms with Crippen LogP contribution in [0, 0.1) is 0 Å². The summed E-state index contributed by atoms with van der Waals surface area (Å²) >= 11 is 0. The molecule has 2 aromatic carbocycles. The molecule has 0 amide bonds. The van der Waals surface area contributed by atoms with Crippen molar-refractivity contribution in [1.82, 2.24) is 9.99 Å². The molecule has 0 fully saturated rings. The highest BCUT2D eigenvalue weighted by molar-refractivity contribution is 6.18. The van der Waals surface area contributed by atoms with Crippen LogP contribution < -0.4 is 10.3 Å². The van der Waals surface area contributed by atoms with Gasteiger partial charge in [0.25, 0.3) is 0 Å². The van der Waals surface area contributed by atoms with Crippen LogP contribution in [0.3, 0.4) is 0 Å². The summed E-state index contributed by atoms with van der Waals surface area (Å²) in [7, 11) is 2.06. The van der Waals surface area contributed by atoms with Crippen molar-refractivity contribution >= 4 is 22.4 Å². The first kappa shape index (κ1) is 20.1. The van der Waals surface area contributed by atoms with Crippen molar-refractivity contribution in [2.75, 3.05) is 25.2 Å². The van der Waals surface area contributed by atoms with Crippen molar-refractivity contribution in [3.05, 3.63) is 77.6 Å². The van der Waals surface area contributed by atoms with Crippen molar-refractivity contribution in [3.8, 4) is 0 Å². The quantitative estimate of drug-likeness (QED) is 0.649. The second-order valence-corrected chi connectivity index (χ2v) is 8.40. The maximum Gasteiger partial charge on any atom is 0.341 e. The number of aromatic nitrogens is 1. The number of hydrogen-bond acceptors (Lipinski definition) is 4. The number of hydrogen-bond donors (Lipinski definition) is 1. The molecule has 5 nitrogen and oxygen atoms in total. The lowest BCUT2D eigenvalue weighted by Crippen LogP contribution is -2.33. The van der Waals surface area contributed by atoms with E-state index in [1.807, 2.05) is 25.3 Å². The summed E-state index contributed by atoms with van der Waals surface area (Å²) in [6.07, 6.45) is 1.82. The molecule has 156 valence electrons. The van der Waals surface area contributed by atoms with Gasteiger partial charge in [0.15, 0.2) is 0 Å². The number of nitrogens with one attached hydrogen (secondary N) is 1. The van der Waals surface area contributed by atoms with Gasteiger partial charge in [-0.2, -0.15) is 0 Å². The fourth-order valence-electron chi connectivity index (χ4n) is 4.36. The van der Waals surface area contributed by atoms with Gasteiger partial charge in [-0.25, -0.2) is 4.79 Å². The summed E-state index contributed by atoms with van der Waals surface area (Å²) in [4.78, 5) is 13.0. The van der Waals surface area contributed by atoms with Crippen molar-refractivity contribution in [2.24, 2.45) is 0 Å². The first-order valence-electron chi connectivity index (χ1n) is 10.4. The largest absolute Gasteiger partial charge is 0.462 e. The predicted octanol–water partition coefficient (Wildman–Crippen LogP) is 4.19. The molecule has 30 heavy (non-hydrogen) atoms. The molecule has 2 heterocycles. The number of esters is 1. The topological polar surface area (TPSA) is 46.5 Å². The predicted molar refractivity (Wildman–Crippen MR) is 122 cm³/mol. The fourth-order valence-corrected chi connectivity index (χ4v) is 4.36. The number of nitrogens with zero attached hydrogens (tertiary/aromatic N) is 2. The number of fused-ring (bicyclic) bond motifs is 3. The first-order valence-corrected chi connectivity index (χ1v) is 10.4. The average molecular weight is 404 g/mol. The fraction of sp³-hybridized carbons (Fsp3) is 0.320. The maximum atomic E-state index is 13.0. The van der Waals surface area contributed by atoms with Crippen LogP contribution >= 0.6 is 0 Å². The van der Waals surface area contributed by atoms with Crippen LogP contribution in [0.15, 0.2) is 60.8 Å². The van der Waals surface area contributed by atoms with Gasteiger partial charge in [0.1, 0.15) is 5.57 Å². The normalized spacial score (nSPS) is 15.0. The van der Waals surface area contributed by atoms with Crippen molar-refractivity contribution in [3.63, 3.8) is 0 Å². The smallest absolute Gasteiger partial charge is 0.341 e. The van der Waals surface area contributed by atoms with Crippen LogP contribution in [0.2, 0.25) is 0 Å². The number of para-hydroxylation sites is 1. The zero-order valence-electron chi connectivity index (χ0n) is 18.1. The highest BCUT2D eigenvalue weighted by atomic mass is 16.5. The van der Waals surface area contributed by atoms with Crippen LogP contribution in [0.25, 0.3) is 16.5 Å². The summed E-state index contributed by atoms with van der Waals surface area (Å²) in [6.45, 7) is 8.07. The molecule has 5 heteroatoms. The lowest BCUT2D eigenvalue weighted by molar-refractivity contribution is -0.136. The van der Waals surface area contributed by atoms with E-state index < -0.39 is 0 Å². The Morgan fingerprint density at radius 3 is 2.57 bits per heavy atom. The molecular weight excluding hydrogens is 374 g/mol. The molecule has 0 spiro atoms. The molecule has 4 rings (SSSR count). The van der Waals surface area contributed by atoms with Gasteiger partial charge < -0.3 is 15.1 Å². The van der Waals surface area contributed by atoms with E-state index in [1.54, 1.807) is 0 Å².